The van der Waals surface area contributed by atoms with Crippen LogP contribution in [0.1, 0.15) is 46.1 Å². The zero-order valence-electron chi connectivity index (χ0n) is 13.3. The van der Waals surface area contributed by atoms with E-state index in [2.05, 4.69) is 16.5 Å². The molecule has 1 aromatic carbocycles. The van der Waals surface area contributed by atoms with Crippen molar-refractivity contribution in [3.05, 3.63) is 35.6 Å². The number of rotatable bonds is 6. The second-order valence-electron chi connectivity index (χ2n) is 6.38. The predicted molar refractivity (Wildman–Crippen MR) is 89.2 cm³/mol. The van der Waals surface area contributed by atoms with Crippen molar-refractivity contribution in [2.24, 2.45) is 0 Å². The van der Waals surface area contributed by atoms with Gasteiger partial charge in [-0.3, -0.25) is 0 Å². The van der Waals surface area contributed by atoms with E-state index < -0.39 is 5.60 Å². The van der Waals surface area contributed by atoms with Crippen LogP contribution in [0.5, 0.6) is 5.75 Å². The highest BCUT2D eigenvalue weighted by molar-refractivity contribution is 6.32. The van der Waals surface area contributed by atoms with Crippen molar-refractivity contribution in [1.82, 2.24) is 9.55 Å². The van der Waals surface area contributed by atoms with Gasteiger partial charge in [0.15, 0.2) is 0 Å². The van der Waals surface area contributed by atoms with Gasteiger partial charge in [0.2, 0.25) is 0 Å². The summed E-state index contributed by atoms with van der Waals surface area (Å²) in [6, 6.07) is 5.38. The third kappa shape index (κ3) is 4.24. The number of phenolic OH excluding ortho intramolecular Hbond substituents is 1. The van der Waals surface area contributed by atoms with E-state index in [0.29, 0.717) is 5.02 Å². The van der Waals surface area contributed by atoms with Gasteiger partial charge in [-0.25, -0.2) is 4.98 Å². The summed E-state index contributed by atoms with van der Waals surface area (Å²) in [4.78, 5) is 4.41. The van der Waals surface area contributed by atoms with Gasteiger partial charge in [-0.2, -0.15) is 0 Å². The molecule has 0 spiro atoms. The summed E-state index contributed by atoms with van der Waals surface area (Å²) in [6.07, 6.45) is 6.39. The van der Waals surface area contributed by atoms with Crippen molar-refractivity contribution in [2.45, 2.75) is 51.7 Å². The van der Waals surface area contributed by atoms with Crippen LogP contribution < -0.4 is 0 Å². The molecule has 5 heteroatoms. The molecule has 0 saturated carbocycles. The summed E-state index contributed by atoms with van der Waals surface area (Å²) in [6.45, 7) is 5.80. The van der Waals surface area contributed by atoms with E-state index in [4.69, 9.17) is 11.6 Å². The summed E-state index contributed by atoms with van der Waals surface area (Å²) >= 11 is 5.98. The third-order valence-electron chi connectivity index (χ3n) is 3.76. The fraction of sp³-hybridized carbons (Fsp3) is 0.471. The van der Waals surface area contributed by atoms with Crippen molar-refractivity contribution < 1.29 is 10.2 Å². The minimum Gasteiger partial charge on any atom is -0.506 e. The lowest BCUT2D eigenvalue weighted by molar-refractivity contribution is 0.0672. The highest BCUT2D eigenvalue weighted by Crippen LogP contribution is 2.30. The number of aromatic hydroxyl groups is 1. The number of benzene rings is 1. The average Bonchev–Trinajstić information content (AvgIpc) is 2.89. The number of nitrogens with zero attached hydrogens (tertiary/aromatic N) is 2. The number of halogens is 1. The van der Waals surface area contributed by atoms with E-state index in [9.17, 15) is 10.2 Å². The fourth-order valence-electron chi connectivity index (χ4n) is 2.51. The molecular formula is C17H23ClN2O2. The van der Waals surface area contributed by atoms with Crippen LogP contribution in [0, 0.1) is 0 Å². The molecule has 2 rings (SSSR count). The molecule has 1 aromatic heterocycles. The Balaban J connectivity index is 2.13. The zero-order valence-corrected chi connectivity index (χ0v) is 14.0. The van der Waals surface area contributed by atoms with Gasteiger partial charge in [0.25, 0.3) is 0 Å². The van der Waals surface area contributed by atoms with Gasteiger partial charge in [-0.05, 0) is 58.2 Å². The molecule has 0 aliphatic rings. The molecule has 0 bridgehead atoms. The zero-order chi connectivity index (χ0) is 16.3. The molecule has 2 N–H and O–H groups in total. The monoisotopic (exact) mass is 322 g/mol. The van der Waals surface area contributed by atoms with Crippen molar-refractivity contribution in [2.75, 3.05) is 0 Å². The highest BCUT2D eigenvalue weighted by atomic mass is 35.5. The van der Waals surface area contributed by atoms with Gasteiger partial charge in [-0.1, -0.05) is 11.6 Å². The summed E-state index contributed by atoms with van der Waals surface area (Å²) in [5.74, 6) is 0.902. The first-order valence-corrected chi connectivity index (χ1v) is 7.90. The summed E-state index contributed by atoms with van der Waals surface area (Å²) in [7, 11) is 0. The number of aliphatic hydroxyl groups is 1. The Hall–Kier alpha value is -1.52. The largest absolute Gasteiger partial charge is 0.506 e. The van der Waals surface area contributed by atoms with E-state index in [-0.39, 0.29) is 11.8 Å². The third-order valence-corrected chi connectivity index (χ3v) is 4.06. The molecule has 1 atom stereocenters. The second-order valence-corrected chi connectivity index (χ2v) is 6.79. The predicted octanol–water partition coefficient (Wildman–Crippen LogP) is 4.41. The van der Waals surface area contributed by atoms with Crippen molar-refractivity contribution in [1.29, 1.82) is 0 Å². The molecule has 0 saturated heterocycles. The number of aromatic nitrogens is 2. The van der Waals surface area contributed by atoms with Crippen LogP contribution in [-0.4, -0.2) is 25.4 Å². The Morgan fingerprint density at radius 1 is 1.36 bits per heavy atom. The summed E-state index contributed by atoms with van der Waals surface area (Å²) in [5, 5.41) is 19.6. The molecule has 0 aliphatic heterocycles. The quantitative estimate of drug-likeness (QED) is 0.828. The van der Waals surface area contributed by atoms with Crippen LogP contribution in [0.4, 0.5) is 0 Å². The van der Waals surface area contributed by atoms with Crippen molar-refractivity contribution in [3.63, 3.8) is 0 Å². The fourth-order valence-corrected chi connectivity index (χ4v) is 2.69. The van der Waals surface area contributed by atoms with Crippen LogP contribution in [0.15, 0.2) is 30.6 Å². The van der Waals surface area contributed by atoms with E-state index >= 15 is 0 Å². The standard InChI is InChI=1S/C17H23ClN2O2/c1-12(5-4-8-17(2,3)22)20-10-9-19-16(20)13-6-7-15(21)14(18)11-13/h6-7,9-12,21-22H,4-5,8H2,1-3H3. The molecule has 0 radical (unpaired) electrons. The number of imidazole rings is 1. The van der Waals surface area contributed by atoms with Gasteiger partial charge in [-0.15, -0.1) is 0 Å². The summed E-state index contributed by atoms with van der Waals surface area (Å²) < 4.78 is 2.10. The van der Waals surface area contributed by atoms with Gasteiger partial charge >= 0.3 is 0 Å². The minimum atomic E-state index is -0.623. The molecule has 1 heterocycles. The molecule has 0 amide bonds. The van der Waals surface area contributed by atoms with Gasteiger partial charge in [0.05, 0.1) is 10.6 Å². The smallest absolute Gasteiger partial charge is 0.140 e. The van der Waals surface area contributed by atoms with E-state index in [1.807, 2.05) is 26.1 Å². The van der Waals surface area contributed by atoms with Crippen molar-refractivity contribution >= 4 is 11.6 Å². The molecule has 4 nitrogen and oxygen atoms in total. The Kier molecular flexibility index (Phi) is 5.14. The van der Waals surface area contributed by atoms with Gasteiger partial charge < -0.3 is 14.8 Å². The normalized spacial score (nSPS) is 13.3. The maximum atomic E-state index is 9.79. The Labute approximate surface area is 136 Å². The van der Waals surface area contributed by atoms with Crippen LogP contribution in [0.3, 0.4) is 0 Å². The Morgan fingerprint density at radius 3 is 2.73 bits per heavy atom. The highest BCUT2D eigenvalue weighted by Gasteiger charge is 2.16. The van der Waals surface area contributed by atoms with Crippen LogP contribution >= 0.6 is 11.6 Å². The van der Waals surface area contributed by atoms with E-state index in [1.165, 1.54) is 0 Å². The first-order chi connectivity index (χ1) is 10.3. The SMILES string of the molecule is CC(CCCC(C)(C)O)n1ccnc1-c1ccc(O)c(Cl)c1. The van der Waals surface area contributed by atoms with Gasteiger partial charge in [0, 0.05) is 24.0 Å². The number of phenols is 1. The van der Waals surface area contributed by atoms with Crippen molar-refractivity contribution in [3.8, 4) is 17.1 Å². The molecule has 0 aliphatic carbocycles. The van der Waals surface area contributed by atoms with Crippen LogP contribution in [-0.2, 0) is 0 Å². The average molecular weight is 323 g/mol. The van der Waals surface area contributed by atoms with E-state index in [0.717, 1.165) is 30.7 Å². The molecule has 1 unspecified atom stereocenters. The minimum absolute atomic E-state index is 0.0711. The van der Waals surface area contributed by atoms with Crippen LogP contribution in [0.2, 0.25) is 5.02 Å². The Morgan fingerprint density at radius 2 is 2.09 bits per heavy atom. The lowest BCUT2D eigenvalue weighted by Gasteiger charge is -2.20. The molecule has 0 fully saturated rings. The summed E-state index contributed by atoms with van der Waals surface area (Å²) in [5.41, 5.74) is 0.254. The molecule has 2 aromatic rings. The number of hydrogen-bond acceptors (Lipinski definition) is 3. The first-order valence-electron chi connectivity index (χ1n) is 7.52. The topological polar surface area (TPSA) is 58.3 Å². The molecular weight excluding hydrogens is 300 g/mol. The maximum absolute atomic E-state index is 9.79. The van der Waals surface area contributed by atoms with Gasteiger partial charge in [0.1, 0.15) is 11.6 Å². The molecule has 22 heavy (non-hydrogen) atoms. The number of hydrogen-bond donors (Lipinski definition) is 2. The maximum Gasteiger partial charge on any atom is 0.140 e. The first kappa shape index (κ1) is 16.8. The van der Waals surface area contributed by atoms with E-state index in [1.54, 1.807) is 18.3 Å². The lowest BCUT2D eigenvalue weighted by atomic mass is 9.99. The Bertz CT molecular complexity index is 632. The van der Waals surface area contributed by atoms with Crippen LogP contribution in [0.25, 0.3) is 11.4 Å². The molecule has 120 valence electrons. The second kappa shape index (κ2) is 6.71. The lowest BCUT2D eigenvalue weighted by Crippen LogP contribution is -2.18.